The molecular weight excluding hydrogens is 514 g/mol. The van der Waals surface area contributed by atoms with E-state index in [1.165, 1.54) is 18.3 Å². The van der Waals surface area contributed by atoms with Crippen LogP contribution in [0, 0.1) is 10.1 Å². The lowest BCUT2D eigenvalue weighted by Crippen LogP contribution is -2.13. The molecule has 28 heavy (non-hydrogen) atoms. The Morgan fingerprint density at radius 1 is 1.25 bits per heavy atom. The number of aromatic nitrogens is 3. The lowest BCUT2D eigenvalue weighted by atomic mass is 10.2. The second-order valence-corrected chi connectivity index (χ2v) is 8.25. The summed E-state index contributed by atoms with van der Waals surface area (Å²) in [4.78, 5) is 28.6. The summed E-state index contributed by atoms with van der Waals surface area (Å²) >= 11 is 8.08. The number of halogens is 2. The quantitative estimate of drug-likeness (QED) is 0.295. The molecule has 3 heterocycles. The molecule has 0 bridgehead atoms. The molecule has 4 rings (SSSR count). The zero-order valence-electron chi connectivity index (χ0n) is 13.8. The van der Waals surface area contributed by atoms with Gasteiger partial charge in [0, 0.05) is 27.3 Å². The number of carbonyl (C=O) groups is 1. The minimum absolute atomic E-state index is 0.102. The van der Waals surface area contributed by atoms with Crippen molar-refractivity contribution in [2.24, 2.45) is 0 Å². The highest BCUT2D eigenvalue weighted by Gasteiger charge is 2.20. The Morgan fingerprint density at radius 2 is 2.00 bits per heavy atom. The van der Waals surface area contributed by atoms with Gasteiger partial charge in [0.2, 0.25) is 0 Å². The van der Waals surface area contributed by atoms with Gasteiger partial charge in [0.05, 0.1) is 27.4 Å². The summed E-state index contributed by atoms with van der Waals surface area (Å²) in [6.07, 6.45) is 3.07. The van der Waals surface area contributed by atoms with Crippen LogP contribution in [0.4, 0.5) is 11.4 Å². The Bertz CT molecular complexity index is 1200. The van der Waals surface area contributed by atoms with Crippen LogP contribution in [0.5, 0.6) is 0 Å². The van der Waals surface area contributed by atoms with Crippen molar-refractivity contribution in [2.45, 2.75) is 0 Å². The summed E-state index contributed by atoms with van der Waals surface area (Å²) < 4.78 is 2.37. The van der Waals surface area contributed by atoms with Crippen molar-refractivity contribution < 1.29 is 9.72 Å². The fourth-order valence-electron chi connectivity index (χ4n) is 2.63. The number of hydrogen-bond donors (Lipinski definition) is 1. The van der Waals surface area contributed by atoms with E-state index >= 15 is 0 Å². The molecule has 0 spiro atoms. The predicted octanol–water partition coefficient (Wildman–Crippen LogP) is 5.14. The molecule has 0 fully saturated rings. The first-order chi connectivity index (χ1) is 13.5. The van der Waals surface area contributed by atoms with Crippen molar-refractivity contribution in [1.82, 2.24) is 14.6 Å². The van der Waals surface area contributed by atoms with Gasteiger partial charge in [-0.05, 0) is 49.4 Å². The smallest absolute Gasteiger partial charge is 0.271 e. The summed E-state index contributed by atoms with van der Waals surface area (Å²) in [5.74, 6) is -0.430. The highest BCUT2D eigenvalue weighted by atomic mass is 79.9. The first kappa shape index (κ1) is 18.7. The maximum atomic E-state index is 12.8. The van der Waals surface area contributed by atoms with Crippen LogP contribution in [0.15, 0.2) is 57.1 Å². The van der Waals surface area contributed by atoms with E-state index in [0.717, 1.165) is 10.6 Å². The molecule has 4 aromatic rings. The fourth-order valence-corrected chi connectivity index (χ4v) is 4.72. The number of hydrogen-bond acceptors (Lipinski definition) is 6. The molecule has 1 aromatic carbocycles. The normalized spacial score (nSPS) is 10.9. The zero-order valence-corrected chi connectivity index (χ0v) is 17.8. The number of nitrogens with zero attached hydrogens (tertiary/aromatic N) is 4. The third-order valence-corrected chi connectivity index (χ3v) is 6.04. The lowest BCUT2D eigenvalue weighted by Gasteiger charge is -2.09. The van der Waals surface area contributed by atoms with E-state index in [2.05, 4.69) is 47.3 Å². The topological polar surface area (TPSA) is 102 Å². The van der Waals surface area contributed by atoms with Gasteiger partial charge in [-0.25, -0.2) is 9.50 Å². The molecule has 140 valence electrons. The first-order valence-corrected chi connectivity index (χ1v) is 10.2. The van der Waals surface area contributed by atoms with E-state index in [1.807, 2.05) is 23.6 Å². The molecule has 0 aliphatic rings. The molecule has 0 radical (unpaired) electrons. The van der Waals surface area contributed by atoms with Crippen molar-refractivity contribution in [3.05, 3.63) is 72.7 Å². The summed E-state index contributed by atoms with van der Waals surface area (Å²) in [5.41, 5.74) is 1.81. The second kappa shape index (κ2) is 7.41. The average Bonchev–Trinajstić information content (AvgIpc) is 3.33. The number of anilines is 1. The number of nitro benzene ring substituents is 1. The van der Waals surface area contributed by atoms with Gasteiger partial charge in [-0.2, -0.15) is 5.10 Å². The van der Waals surface area contributed by atoms with Crippen molar-refractivity contribution in [1.29, 1.82) is 0 Å². The zero-order chi connectivity index (χ0) is 19.8. The van der Waals surface area contributed by atoms with E-state index in [1.54, 1.807) is 22.0 Å². The number of rotatable bonds is 4. The van der Waals surface area contributed by atoms with Gasteiger partial charge in [0.25, 0.3) is 11.6 Å². The number of nitrogens with one attached hydrogen (secondary N) is 1. The Morgan fingerprint density at radius 3 is 2.64 bits per heavy atom. The number of benzene rings is 1. The molecule has 1 amide bonds. The van der Waals surface area contributed by atoms with Crippen molar-refractivity contribution in [3.63, 3.8) is 0 Å². The summed E-state index contributed by atoms with van der Waals surface area (Å²) in [7, 11) is 0. The van der Waals surface area contributed by atoms with Crippen LogP contribution in [-0.2, 0) is 0 Å². The van der Waals surface area contributed by atoms with Gasteiger partial charge in [-0.3, -0.25) is 14.9 Å². The largest absolute Gasteiger partial charge is 0.320 e. The third kappa shape index (κ3) is 3.32. The minimum Gasteiger partial charge on any atom is -0.320 e. The molecule has 3 aromatic heterocycles. The van der Waals surface area contributed by atoms with E-state index in [-0.39, 0.29) is 11.3 Å². The van der Waals surface area contributed by atoms with Crippen LogP contribution in [0.1, 0.15) is 10.4 Å². The summed E-state index contributed by atoms with van der Waals surface area (Å²) in [6, 6.07) is 8.38. The summed E-state index contributed by atoms with van der Waals surface area (Å²) in [5, 5.41) is 20.0. The number of amides is 1. The van der Waals surface area contributed by atoms with E-state index in [0.29, 0.717) is 20.3 Å². The molecule has 1 N–H and O–H groups in total. The number of carbonyl (C=O) groups excluding carboxylic acids is 1. The lowest BCUT2D eigenvalue weighted by molar-refractivity contribution is -0.385. The minimum atomic E-state index is -0.511. The van der Waals surface area contributed by atoms with Gasteiger partial charge in [-0.15, -0.1) is 11.3 Å². The third-order valence-electron chi connectivity index (χ3n) is 3.90. The fraction of sp³-hybridized carbons (Fsp3) is 0. The van der Waals surface area contributed by atoms with Crippen molar-refractivity contribution in [3.8, 4) is 10.6 Å². The molecule has 11 heteroatoms. The van der Waals surface area contributed by atoms with E-state index < -0.39 is 10.8 Å². The molecule has 0 saturated heterocycles. The molecular formula is C17H9Br2N5O3S. The van der Waals surface area contributed by atoms with Crippen LogP contribution in [-0.4, -0.2) is 25.4 Å². The molecule has 0 atom stereocenters. The average molecular weight is 523 g/mol. The molecule has 8 nitrogen and oxygen atoms in total. The number of nitro groups is 1. The highest BCUT2D eigenvalue weighted by Crippen LogP contribution is 2.35. The van der Waals surface area contributed by atoms with Gasteiger partial charge >= 0.3 is 0 Å². The van der Waals surface area contributed by atoms with Gasteiger partial charge in [0.15, 0.2) is 5.65 Å². The number of fused-ring (bicyclic) bond motifs is 1. The van der Waals surface area contributed by atoms with Crippen LogP contribution in [0.3, 0.4) is 0 Å². The molecule has 0 unspecified atom stereocenters. The van der Waals surface area contributed by atoms with Crippen LogP contribution in [0.2, 0.25) is 0 Å². The van der Waals surface area contributed by atoms with Crippen molar-refractivity contribution in [2.75, 3.05) is 5.32 Å². The SMILES string of the molecule is O=C(Nc1c(Br)cc([N+](=O)[O-])cc1Br)c1cnn2c(-c3cccs3)ccnc12. The number of non-ortho nitro benzene ring substituents is 1. The summed E-state index contributed by atoms with van der Waals surface area (Å²) in [6.45, 7) is 0. The van der Waals surface area contributed by atoms with E-state index in [9.17, 15) is 14.9 Å². The predicted molar refractivity (Wildman–Crippen MR) is 113 cm³/mol. The monoisotopic (exact) mass is 521 g/mol. The van der Waals surface area contributed by atoms with Gasteiger partial charge < -0.3 is 5.32 Å². The Balaban J connectivity index is 1.71. The Kier molecular flexibility index (Phi) is 4.96. The molecule has 0 saturated carbocycles. The maximum Gasteiger partial charge on any atom is 0.271 e. The second-order valence-electron chi connectivity index (χ2n) is 5.60. The van der Waals surface area contributed by atoms with Crippen LogP contribution < -0.4 is 5.32 Å². The standard InChI is InChI=1S/C17H9Br2N5O3S/c18-11-6-9(24(26)27)7-12(19)15(11)22-17(25)10-8-21-23-13(3-4-20-16(10)23)14-2-1-5-28-14/h1-8H,(H,22,25). The van der Waals surface area contributed by atoms with Gasteiger partial charge in [0.1, 0.15) is 5.56 Å². The Hall–Kier alpha value is -2.63. The highest BCUT2D eigenvalue weighted by molar-refractivity contribution is 9.11. The molecule has 0 aliphatic carbocycles. The maximum absolute atomic E-state index is 12.8. The van der Waals surface area contributed by atoms with Crippen molar-refractivity contribution >= 4 is 66.1 Å². The first-order valence-electron chi connectivity index (χ1n) is 7.77. The Labute approximate surface area is 178 Å². The van der Waals surface area contributed by atoms with Crippen LogP contribution >= 0.6 is 43.2 Å². The number of thiophene rings is 1. The van der Waals surface area contributed by atoms with Crippen LogP contribution in [0.25, 0.3) is 16.2 Å². The molecule has 0 aliphatic heterocycles. The van der Waals surface area contributed by atoms with Gasteiger partial charge in [-0.1, -0.05) is 6.07 Å². The van der Waals surface area contributed by atoms with E-state index in [4.69, 9.17) is 0 Å².